The lowest BCUT2D eigenvalue weighted by atomic mass is 9.91. The Morgan fingerprint density at radius 3 is 2.74 bits per heavy atom. The van der Waals surface area contributed by atoms with E-state index in [0.29, 0.717) is 6.42 Å². The van der Waals surface area contributed by atoms with Gasteiger partial charge in [-0.2, -0.15) is 0 Å². The molecule has 0 heterocycles. The number of carbonyl (C=O) groups is 1. The number of halogens is 2. The number of likely N-dealkylation sites (N-methyl/N-ethyl adjacent to an activating group) is 1. The number of rotatable bonds is 2. The first-order valence-electron chi connectivity index (χ1n) is 6.41. The second-order valence-electron chi connectivity index (χ2n) is 4.96. The van der Waals surface area contributed by atoms with Gasteiger partial charge in [-0.3, -0.25) is 4.79 Å². The summed E-state index contributed by atoms with van der Waals surface area (Å²) in [5, 5.41) is 10.2. The molecule has 1 N–H and O–H groups in total. The predicted molar refractivity (Wildman–Crippen MR) is 71.8 cm³/mol. The first-order valence-corrected chi connectivity index (χ1v) is 6.79. The molecule has 0 unspecified atom stereocenters. The predicted octanol–water partition coefficient (Wildman–Crippen LogP) is 2.85. The van der Waals surface area contributed by atoms with Gasteiger partial charge in [-0.1, -0.05) is 24.4 Å². The van der Waals surface area contributed by atoms with Gasteiger partial charge in [0.15, 0.2) is 0 Å². The van der Waals surface area contributed by atoms with Gasteiger partial charge >= 0.3 is 0 Å². The SMILES string of the molecule is CN(C(=O)c1ccc(Cl)cc1F)[C@@H]1CCCC[C@H]1O. The highest BCUT2D eigenvalue weighted by Crippen LogP contribution is 2.24. The van der Waals surface area contributed by atoms with E-state index in [0.717, 1.165) is 25.3 Å². The monoisotopic (exact) mass is 285 g/mol. The maximum absolute atomic E-state index is 13.7. The quantitative estimate of drug-likeness (QED) is 0.908. The van der Waals surface area contributed by atoms with Gasteiger partial charge < -0.3 is 10.0 Å². The first-order chi connectivity index (χ1) is 9.00. The summed E-state index contributed by atoms with van der Waals surface area (Å²) in [6, 6.07) is 3.76. The number of aliphatic hydroxyl groups excluding tert-OH is 1. The van der Waals surface area contributed by atoms with E-state index in [9.17, 15) is 14.3 Å². The maximum Gasteiger partial charge on any atom is 0.256 e. The lowest BCUT2D eigenvalue weighted by Crippen LogP contribution is -2.46. The molecule has 1 aromatic rings. The zero-order valence-electron chi connectivity index (χ0n) is 10.8. The Morgan fingerprint density at radius 2 is 2.11 bits per heavy atom. The van der Waals surface area contributed by atoms with Gasteiger partial charge in [-0.15, -0.1) is 0 Å². The molecule has 1 aromatic carbocycles. The van der Waals surface area contributed by atoms with Crippen LogP contribution < -0.4 is 0 Å². The molecule has 104 valence electrons. The van der Waals surface area contributed by atoms with Crippen LogP contribution in [0.2, 0.25) is 5.02 Å². The first kappa shape index (κ1) is 14.3. The van der Waals surface area contributed by atoms with E-state index in [1.54, 1.807) is 7.05 Å². The molecule has 0 aliphatic heterocycles. The summed E-state index contributed by atoms with van der Waals surface area (Å²) in [5.74, 6) is -1.05. The van der Waals surface area contributed by atoms with E-state index < -0.39 is 17.8 Å². The van der Waals surface area contributed by atoms with E-state index >= 15 is 0 Å². The van der Waals surface area contributed by atoms with Crippen LogP contribution in [0.15, 0.2) is 18.2 Å². The minimum absolute atomic E-state index is 0.00956. The van der Waals surface area contributed by atoms with E-state index in [2.05, 4.69) is 0 Å². The second-order valence-corrected chi connectivity index (χ2v) is 5.40. The van der Waals surface area contributed by atoms with Crippen LogP contribution in [0.5, 0.6) is 0 Å². The molecule has 2 rings (SSSR count). The average molecular weight is 286 g/mol. The Hall–Kier alpha value is -1.13. The molecular weight excluding hydrogens is 269 g/mol. The van der Waals surface area contributed by atoms with E-state index in [4.69, 9.17) is 11.6 Å². The maximum atomic E-state index is 13.7. The Morgan fingerprint density at radius 1 is 1.42 bits per heavy atom. The van der Waals surface area contributed by atoms with Crippen LogP contribution >= 0.6 is 11.6 Å². The number of carbonyl (C=O) groups excluding carboxylic acids is 1. The molecule has 1 aliphatic rings. The Kier molecular flexibility index (Phi) is 4.42. The molecule has 0 spiro atoms. The van der Waals surface area contributed by atoms with Crippen LogP contribution in [0.4, 0.5) is 4.39 Å². The van der Waals surface area contributed by atoms with Gasteiger partial charge in [0, 0.05) is 12.1 Å². The lowest BCUT2D eigenvalue weighted by molar-refractivity contribution is 0.0265. The number of hydrogen-bond donors (Lipinski definition) is 1. The summed E-state index contributed by atoms with van der Waals surface area (Å²) in [6.07, 6.45) is 2.85. The molecule has 0 radical (unpaired) electrons. The van der Waals surface area contributed by atoms with Crippen LogP contribution in [-0.4, -0.2) is 35.1 Å². The smallest absolute Gasteiger partial charge is 0.256 e. The summed E-state index contributed by atoms with van der Waals surface area (Å²) in [6.45, 7) is 0. The number of aliphatic hydroxyl groups is 1. The van der Waals surface area contributed by atoms with Crippen LogP contribution in [0.25, 0.3) is 0 Å². The van der Waals surface area contributed by atoms with Gasteiger partial charge in [0.1, 0.15) is 5.82 Å². The van der Waals surface area contributed by atoms with Crippen molar-refractivity contribution in [3.05, 3.63) is 34.6 Å². The third kappa shape index (κ3) is 3.07. The lowest BCUT2D eigenvalue weighted by Gasteiger charge is -2.35. The van der Waals surface area contributed by atoms with Crippen molar-refractivity contribution in [3.8, 4) is 0 Å². The van der Waals surface area contributed by atoms with Gasteiger partial charge in [0.25, 0.3) is 5.91 Å². The molecule has 2 atom stereocenters. The highest BCUT2D eigenvalue weighted by molar-refractivity contribution is 6.30. The Balaban J connectivity index is 2.18. The molecule has 1 saturated carbocycles. The zero-order chi connectivity index (χ0) is 14.0. The van der Waals surface area contributed by atoms with Crippen LogP contribution in [-0.2, 0) is 0 Å². The average Bonchev–Trinajstić information content (AvgIpc) is 2.38. The summed E-state index contributed by atoms with van der Waals surface area (Å²) in [4.78, 5) is 13.7. The van der Waals surface area contributed by atoms with Crippen molar-refractivity contribution in [1.82, 2.24) is 4.90 Å². The fraction of sp³-hybridized carbons (Fsp3) is 0.500. The van der Waals surface area contributed by atoms with Gasteiger partial charge in [-0.25, -0.2) is 4.39 Å². The van der Waals surface area contributed by atoms with Crippen molar-refractivity contribution >= 4 is 17.5 Å². The summed E-state index contributed by atoms with van der Waals surface area (Å²) in [5.41, 5.74) is -0.00956. The van der Waals surface area contributed by atoms with Crippen LogP contribution in [0.1, 0.15) is 36.0 Å². The van der Waals surface area contributed by atoms with Crippen molar-refractivity contribution in [2.75, 3.05) is 7.05 Å². The topological polar surface area (TPSA) is 40.5 Å². The van der Waals surface area contributed by atoms with Gasteiger partial charge in [-0.05, 0) is 31.0 Å². The van der Waals surface area contributed by atoms with Crippen molar-refractivity contribution in [2.24, 2.45) is 0 Å². The largest absolute Gasteiger partial charge is 0.391 e. The zero-order valence-corrected chi connectivity index (χ0v) is 11.5. The van der Waals surface area contributed by atoms with E-state index in [-0.39, 0.29) is 16.6 Å². The Labute approximate surface area is 117 Å². The molecule has 1 fully saturated rings. The number of benzene rings is 1. The molecule has 3 nitrogen and oxygen atoms in total. The standard InChI is InChI=1S/C14H17ClFNO2/c1-17(12-4-2-3-5-13(12)18)14(19)10-7-6-9(15)8-11(10)16/h6-8,12-13,18H,2-5H2,1H3/t12-,13-/m1/s1. The fourth-order valence-corrected chi connectivity index (χ4v) is 2.71. The number of amides is 1. The molecule has 19 heavy (non-hydrogen) atoms. The van der Waals surface area contributed by atoms with Crippen molar-refractivity contribution in [2.45, 2.75) is 37.8 Å². The van der Waals surface area contributed by atoms with Crippen molar-refractivity contribution in [3.63, 3.8) is 0 Å². The second kappa shape index (κ2) is 5.88. The fourth-order valence-electron chi connectivity index (χ4n) is 2.55. The van der Waals surface area contributed by atoms with Crippen LogP contribution in [0.3, 0.4) is 0 Å². The van der Waals surface area contributed by atoms with E-state index in [1.807, 2.05) is 0 Å². The molecule has 5 heteroatoms. The Bertz CT molecular complexity index is 481. The van der Waals surface area contributed by atoms with E-state index in [1.165, 1.54) is 17.0 Å². The van der Waals surface area contributed by atoms with Crippen LogP contribution in [0, 0.1) is 5.82 Å². The molecule has 1 amide bonds. The van der Waals surface area contributed by atoms with Gasteiger partial charge in [0.05, 0.1) is 17.7 Å². The highest BCUT2D eigenvalue weighted by atomic mass is 35.5. The summed E-state index contributed by atoms with van der Waals surface area (Å²) >= 11 is 5.67. The summed E-state index contributed by atoms with van der Waals surface area (Å²) < 4.78 is 13.7. The third-order valence-corrected chi connectivity index (χ3v) is 3.91. The van der Waals surface area contributed by atoms with Gasteiger partial charge in [0.2, 0.25) is 0 Å². The summed E-state index contributed by atoms with van der Waals surface area (Å²) in [7, 11) is 1.61. The molecular formula is C14H17ClFNO2. The van der Waals surface area contributed by atoms with Crippen molar-refractivity contribution < 1.29 is 14.3 Å². The normalized spacial score (nSPS) is 23.2. The molecule has 0 bridgehead atoms. The number of hydrogen-bond acceptors (Lipinski definition) is 2. The minimum Gasteiger partial charge on any atom is -0.391 e. The molecule has 1 aliphatic carbocycles. The van der Waals surface area contributed by atoms with Crippen molar-refractivity contribution in [1.29, 1.82) is 0 Å². The number of nitrogens with zero attached hydrogens (tertiary/aromatic N) is 1. The minimum atomic E-state index is -0.630. The third-order valence-electron chi connectivity index (χ3n) is 3.67. The highest BCUT2D eigenvalue weighted by Gasteiger charge is 2.30. The molecule has 0 saturated heterocycles. The molecule has 0 aromatic heterocycles.